The highest BCUT2D eigenvalue weighted by molar-refractivity contribution is 9.10. The summed E-state index contributed by atoms with van der Waals surface area (Å²) in [6.45, 7) is 1.69. The summed E-state index contributed by atoms with van der Waals surface area (Å²) in [5.74, 6) is -1.96. The Labute approximate surface area is 132 Å². The first-order valence-corrected chi connectivity index (χ1v) is 7.50. The smallest absolute Gasteiger partial charge is 0.355 e. The highest BCUT2D eigenvalue weighted by Crippen LogP contribution is 2.21. The molecule has 0 aliphatic rings. The molecule has 2 N–H and O–H groups in total. The Bertz CT molecular complexity index is 704. The molecule has 0 aliphatic carbocycles. The predicted octanol–water partition coefficient (Wildman–Crippen LogP) is 3.23. The van der Waals surface area contributed by atoms with E-state index in [9.17, 15) is 14.0 Å². The van der Waals surface area contributed by atoms with E-state index in [-0.39, 0.29) is 5.69 Å². The first kappa shape index (κ1) is 15.6. The van der Waals surface area contributed by atoms with Gasteiger partial charge in [-0.05, 0) is 41.1 Å². The van der Waals surface area contributed by atoms with Gasteiger partial charge in [-0.3, -0.25) is 4.79 Å². The molecular formula is C13H10BrFN2O3S. The molecule has 110 valence electrons. The monoisotopic (exact) mass is 372 g/mol. The van der Waals surface area contributed by atoms with Gasteiger partial charge in [0.2, 0.25) is 0 Å². The molecule has 2 aromatic rings. The lowest BCUT2D eigenvalue weighted by Crippen LogP contribution is -2.27. The molecule has 0 aliphatic heterocycles. The molecule has 0 saturated heterocycles. The molecule has 1 aromatic carbocycles. The van der Waals surface area contributed by atoms with E-state index in [4.69, 9.17) is 5.11 Å². The van der Waals surface area contributed by atoms with Crippen molar-refractivity contribution in [2.45, 2.75) is 13.0 Å². The average Bonchev–Trinajstić information content (AvgIpc) is 2.88. The lowest BCUT2D eigenvalue weighted by atomic mass is 10.2. The number of carboxylic acid groups (broad SMARTS) is 1. The number of rotatable bonds is 4. The van der Waals surface area contributed by atoms with Crippen molar-refractivity contribution in [1.29, 1.82) is 0 Å². The first-order valence-electron chi connectivity index (χ1n) is 5.83. The Hall–Kier alpha value is -1.80. The van der Waals surface area contributed by atoms with E-state index in [1.54, 1.807) is 6.92 Å². The van der Waals surface area contributed by atoms with E-state index in [2.05, 4.69) is 26.2 Å². The van der Waals surface area contributed by atoms with Crippen molar-refractivity contribution in [3.63, 3.8) is 0 Å². The van der Waals surface area contributed by atoms with E-state index in [0.29, 0.717) is 15.0 Å². The summed E-state index contributed by atoms with van der Waals surface area (Å²) in [6, 6.07) is 3.31. The Morgan fingerprint density at radius 2 is 2.19 bits per heavy atom. The van der Waals surface area contributed by atoms with Crippen LogP contribution < -0.4 is 5.32 Å². The van der Waals surface area contributed by atoms with Crippen LogP contribution in [0.3, 0.4) is 0 Å². The van der Waals surface area contributed by atoms with Gasteiger partial charge in [0.15, 0.2) is 5.69 Å². The molecule has 5 nitrogen and oxygen atoms in total. The summed E-state index contributed by atoms with van der Waals surface area (Å²) in [7, 11) is 0. The standard InChI is InChI=1S/C13H10BrFN2O3S/c1-6(12-17-10(5-21-12)13(19)20)16-11(18)8-3-2-7(15)4-9(8)14/h2-6H,1H3,(H,16,18)(H,19,20). The van der Waals surface area contributed by atoms with Gasteiger partial charge in [0.1, 0.15) is 10.8 Å². The second kappa shape index (κ2) is 6.31. The molecule has 1 unspecified atom stereocenters. The second-order valence-corrected chi connectivity index (χ2v) is 5.94. The Kier molecular flexibility index (Phi) is 4.69. The lowest BCUT2D eigenvalue weighted by Gasteiger charge is -2.12. The number of amides is 1. The Balaban J connectivity index is 2.12. The summed E-state index contributed by atoms with van der Waals surface area (Å²) in [5, 5.41) is 13.4. The Morgan fingerprint density at radius 1 is 1.48 bits per heavy atom. The number of nitrogens with zero attached hydrogens (tertiary/aromatic N) is 1. The van der Waals surface area contributed by atoms with Gasteiger partial charge in [0.25, 0.3) is 5.91 Å². The van der Waals surface area contributed by atoms with E-state index in [0.717, 1.165) is 11.3 Å². The van der Waals surface area contributed by atoms with Crippen LogP contribution in [0, 0.1) is 5.82 Å². The van der Waals surface area contributed by atoms with Crippen molar-refractivity contribution in [2.75, 3.05) is 0 Å². The first-order chi connectivity index (χ1) is 9.88. The third-order valence-electron chi connectivity index (χ3n) is 2.63. The Morgan fingerprint density at radius 3 is 2.76 bits per heavy atom. The van der Waals surface area contributed by atoms with E-state index in [1.165, 1.54) is 23.6 Å². The number of benzene rings is 1. The number of nitrogens with one attached hydrogen (secondary N) is 1. The zero-order valence-corrected chi connectivity index (χ0v) is 13.2. The van der Waals surface area contributed by atoms with Gasteiger partial charge < -0.3 is 10.4 Å². The minimum Gasteiger partial charge on any atom is -0.476 e. The number of thiazole rings is 1. The molecule has 1 heterocycles. The third kappa shape index (κ3) is 3.64. The fourth-order valence-corrected chi connectivity index (χ4v) is 2.93. The highest BCUT2D eigenvalue weighted by Gasteiger charge is 2.18. The van der Waals surface area contributed by atoms with Crippen LogP contribution in [0.25, 0.3) is 0 Å². The van der Waals surface area contributed by atoms with Crippen LogP contribution in [0.2, 0.25) is 0 Å². The van der Waals surface area contributed by atoms with Gasteiger partial charge in [-0.1, -0.05) is 0 Å². The summed E-state index contributed by atoms with van der Waals surface area (Å²) >= 11 is 4.28. The quantitative estimate of drug-likeness (QED) is 0.863. The molecule has 0 saturated carbocycles. The average molecular weight is 373 g/mol. The zero-order valence-electron chi connectivity index (χ0n) is 10.8. The second-order valence-electron chi connectivity index (χ2n) is 4.20. The molecule has 21 heavy (non-hydrogen) atoms. The predicted molar refractivity (Wildman–Crippen MR) is 79.1 cm³/mol. The van der Waals surface area contributed by atoms with Gasteiger partial charge >= 0.3 is 5.97 Å². The SMILES string of the molecule is CC(NC(=O)c1ccc(F)cc1Br)c1nc(C(=O)O)cs1. The van der Waals surface area contributed by atoms with Crippen LogP contribution in [-0.2, 0) is 0 Å². The molecule has 1 aromatic heterocycles. The molecule has 1 amide bonds. The maximum Gasteiger partial charge on any atom is 0.355 e. The molecule has 0 fully saturated rings. The van der Waals surface area contributed by atoms with Gasteiger partial charge in [-0.15, -0.1) is 11.3 Å². The number of halogens is 2. The summed E-state index contributed by atoms with van der Waals surface area (Å²) in [5.41, 5.74) is 0.234. The molecule has 2 rings (SSSR count). The molecule has 0 bridgehead atoms. The summed E-state index contributed by atoms with van der Waals surface area (Å²) in [4.78, 5) is 26.8. The van der Waals surface area contributed by atoms with Crippen LogP contribution in [0.4, 0.5) is 4.39 Å². The maximum atomic E-state index is 13.0. The van der Waals surface area contributed by atoms with Crippen molar-refractivity contribution in [3.8, 4) is 0 Å². The van der Waals surface area contributed by atoms with Gasteiger partial charge in [0.05, 0.1) is 11.6 Å². The number of carbonyl (C=O) groups is 2. The number of aromatic carboxylic acids is 1. The minimum absolute atomic E-state index is 0.0564. The lowest BCUT2D eigenvalue weighted by molar-refractivity contribution is 0.0691. The van der Waals surface area contributed by atoms with Gasteiger partial charge in [-0.2, -0.15) is 0 Å². The fourth-order valence-electron chi connectivity index (χ4n) is 1.59. The summed E-state index contributed by atoms with van der Waals surface area (Å²) in [6.07, 6.45) is 0. The number of carbonyl (C=O) groups excluding carboxylic acids is 1. The molecule has 0 radical (unpaired) electrons. The van der Waals surface area contributed by atoms with Crippen LogP contribution in [-0.4, -0.2) is 22.0 Å². The molecule has 8 heteroatoms. The fraction of sp³-hybridized carbons (Fsp3) is 0.154. The van der Waals surface area contributed by atoms with Gasteiger partial charge in [0, 0.05) is 9.85 Å². The van der Waals surface area contributed by atoms with E-state index in [1.807, 2.05) is 0 Å². The van der Waals surface area contributed by atoms with Crippen molar-refractivity contribution >= 4 is 39.1 Å². The van der Waals surface area contributed by atoms with Crippen molar-refractivity contribution < 1.29 is 19.1 Å². The van der Waals surface area contributed by atoms with E-state index < -0.39 is 23.7 Å². The number of hydrogen-bond donors (Lipinski definition) is 2. The zero-order chi connectivity index (χ0) is 15.6. The number of carboxylic acids is 1. The normalized spacial score (nSPS) is 12.0. The van der Waals surface area contributed by atoms with Crippen LogP contribution in [0.15, 0.2) is 28.1 Å². The molecule has 1 atom stereocenters. The number of aromatic nitrogens is 1. The number of hydrogen-bond acceptors (Lipinski definition) is 4. The summed E-state index contributed by atoms with van der Waals surface area (Å²) < 4.78 is 13.3. The van der Waals surface area contributed by atoms with Crippen molar-refractivity contribution in [3.05, 3.63) is 50.1 Å². The highest BCUT2D eigenvalue weighted by atomic mass is 79.9. The van der Waals surface area contributed by atoms with Crippen molar-refractivity contribution in [1.82, 2.24) is 10.3 Å². The van der Waals surface area contributed by atoms with E-state index >= 15 is 0 Å². The maximum absolute atomic E-state index is 13.0. The van der Waals surface area contributed by atoms with Gasteiger partial charge in [-0.25, -0.2) is 14.2 Å². The molecular weight excluding hydrogens is 363 g/mol. The topological polar surface area (TPSA) is 79.3 Å². The third-order valence-corrected chi connectivity index (χ3v) is 4.32. The minimum atomic E-state index is -1.11. The van der Waals surface area contributed by atoms with Crippen LogP contribution in [0.1, 0.15) is 38.8 Å². The van der Waals surface area contributed by atoms with Crippen LogP contribution >= 0.6 is 27.3 Å². The largest absolute Gasteiger partial charge is 0.476 e. The molecule has 0 spiro atoms. The van der Waals surface area contributed by atoms with Crippen LogP contribution in [0.5, 0.6) is 0 Å². The van der Waals surface area contributed by atoms with Crippen molar-refractivity contribution in [2.24, 2.45) is 0 Å².